The lowest BCUT2D eigenvalue weighted by Gasteiger charge is -2.37. The zero-order valence-corrected chi connectivity index (χ0v) is 12.1. The Balaban J connectivity index is 1.89. The summed E-state index contributed by atoms with van der Waals surface area (Å²) in [5, 5.41) is 4.41. The van der Waals surface area contributed by atoms with Gasteiger partial charge < -0.3 is 10.2 Å². The average Bonchev–Trinajstić information content (AvgIpc) is 2.40. The molecule has 0 aromatic carbocycles. The fraction of sp³-hybridized carbons (Fsp3) is 0.667. The summed E-state index contributed by atoms with van der Waals surface area (Å²) in [5.74, 6) is 0.913. The summed E-state index contributed by atoms with van der Waals surface area (Å²) >= 11 is 1.64. The topological polar surface area (TPSA) is 44.3 Å². The van der Waals surface area contributed by atoms with Crippen molar-refractivity contribution >= 4 is 17.6 Å². The Morgan fingerprint density at radius 1 is 1.39 bits per heavy atom. The molecule has 1 aliphatic heterocycles. The van der Waals surface area contributed by atoms with Gasteiger partial charge in [0.05, 0.1) is 0 Å². The quantitative estimate of drug-likeness (QED) is 0.645. The molecule has 1 saturated heterocycles. The highest BCUT2D eigenvalue weighted by Crippen LogP contribution is 2.14. The van der Waals surface area contributed by atoms with Crippen molar-refractivity contribution in [3.8, 4) is 0 Å². The standard InChI is InChI=1S/C12H21N5S/c1-16-4-5-17(2)10(8-16)7-13-11-6-12(18-3)15-9-14-11/h6,9-10H,4-5,7-8H2,1-3H3,(H,13,14,15). The molecule has 1 aromatic rings. The first-order chi connectivity index (χ1) is 8.69. The van der Waals surface area contributed by atoms with Gasteiger partial charge in [-0.1, -0.05) is 0 Å². The van der Waals surface area contributed by atoms with Crippen molar-refractivity contribution in [1.82, 2.24) is 19.8 Å². The number of rotatable bonds is 4. The molecule has 1 N–H and O–H groups in total. The van der Waals surface area contributed by atoms with Crippen LogP contribution in [0.1, 0.15) is 0 Å². The van der Waals surface area contributed by atoms with E-state index in [9.17, 15) is 0 Å². The number of piperazine rings is 1. The van der Waals surface area contributed by atoms with Crippen LogP contribution in [0.25, 0.3) is 0 Å². The summed E-state index contributed by atoms with van der Waals surface area (Å²) < 4.78 is 0. The Morgan fingerprint density at radius 2 is 2.22 bits per heavy atom. The van der Waals surface area contributed by atoms with E-state index in [4.69, 9.17) is 0 Å². The zero-order chi connectivity index (χ0) is 13.0. The predicted octanol–water partition coefficient (Wildman–Crippen LogP) is 0.856. The van der Waals surface area contributed by atoms with Crippen molar-refractivity contribution in [2.45, 2.75) is 11.1 Å². The molecular formula is C12H21N5S. The SMILES string of the molecule is CSc1cc(NCC2CN(C)CCN2C)ncn1. The van der Waals surface area contributed by atoms with Crippen LogP contribution >= 0.6 is 11.8 Å². The van der Waals surface area contributed by atoms with Crippen LogP contribution in [0.5, 0.6) is 0 Å². The number of likely N-dealkylation sites (N-methyl/N-ethyl adjacent to an activating group) is 2. The second-order valence-electron chi connectivity index (χ2n) is 4.72. The summed E-state index contributed by atoms with van der Waals surface area (Å²) in [5.41, 5.74) is 0. The maximum Gasteiger partial charge on any atom is 0.130 e. The molecular weight excluding hydrogens is 246 g/mol. The van der Waals surface area contributed by atoms with Crippen LogP contribution in [0.3, 0.4) is 0 Å². The van der Waals surface area contributed by atoms with Crippen LogP contribution in [-0.2, 0) is 0 Å². The fourth-order valence-electron chi connectivity index (χ4n) is 2.09. The molecule has 1 atom stereocenters. The van der Waals surface area contributed by atoms with E-state index >= 15 is 0 Å². The van der Waals surface area contributed by atoms with E-state index in [1.807, 2.05) is 12.3 Å². The molecule has 1 fully saturated rings. The molecule has 1 unspecified atom stereocenters. The minimum absolute atomic E-state index is 0.538. The molecule has 0 radical (unpaired) electrons. The number of anilines is 1. The lowest BCUT2D eigenvalue weighted by atomic mass is 10.2. The second-order valence-corrected chi connectivity index (χ2v) is 5.55. The van der Waals surface area contributed by atoms with Gasteiger partial charge in [-0.25, -0.2) is 9.97 Å². The molecule has 100 valence electrons. The van der Waals surface area contributed by atoms with Gasteiger partial charge in [-0.2, -0.15) is 0 Å². The first-order valence-corrected chi connectivity index (χ1v) is 7.40. The van der Waals surface area contributed by atoms with Crippen molar-refractivity contribution in [2.24, 2.45) is 0 Å². The van der Waals surface area contributed by atoms with Crippen molar-refractivity contribution in [1.29, 1.82) is 0 Å². The minimum Gasteiger partial charge on any atom is -0.368 e. The Bertz CT molecular complexity index is 386. The Kier molecular flexibility index (Phi) is 4.79. The Labute approximate surface area is 113 Å². The molecule has 1 aliphatic rings. The first kappa shape index (κ1) is 13.6. The van der Waals surface area contributed by atoms with E-state index in [2.05, 4.69) is 39.2 Å². The lowest BCUT2D eigenvalue weighted by molar-refractivity contribution is 0.122. The van der Waals surface area contributed by atoms with E-state index in [0.717, 1.165) is 37.0 Å². The van der Waals surface area contributed by atoms with Crippen LogP contribution in [0.2, 0.25) is 0 Å². The normalized spacial score (nSPS) is 22.1. The van der Waals surface area contributed by atoms with E-state index in [1.54, 1.807) is 18.1 Å². The third-order valence-corrected chi connectivity index (χ3v) is 3.99. The maximum absolute atomic E-state index is 4.25. The van der Waals surface area contributed by atoms with Gasteiger partial charge in [-0.15, -0.1) is 11.8 Å². The first-order valence-electron chi connectivity index (χ1n) is 6.17. The second kappa shape index (κ2) is 6.36. The highest BCUT2D eigenvalue weighted by Gasteiger charge is 2.21. The average molecular weight is 267 g/mol. The largest absolute Gasteiger partial charge is 0.368 e. The summed E-state index contributed by atoms with van der Waals surface area (Å²) in [6, 6.07) is 2.54. The predicted molar refractivity (Wildman–Crippen MR) is 76.2 cm³/mol. The van der Waals surface area contributed by atoms with E-state index in [-0.39, 0.29) is 0 Å². The van der Waals surface area contributed by atoms with Crippen LogP contribution in [0, 0.1) is 0 Å². The summed E-state index contributed by atoms with van der Waals surface area (Å²) in [6.45, 7) is 4.30. The van der Waals surface area contributed by atoms with Crippen LogP contribution in [0.15, 0.2) is 17.4 Å². The van der Waals surface area contributed by atoms with Crippen LogP contribution in [-0.4, -0.2) is 72.3 Å². The molecule has 0 bridgehead atoms. The molecule has 6 heteroatoms. The number of nitrogens with one attached hydrogen (secondary N) is 1. The minimum atomic E-state index is 0.538. The van der Waals surface area contributed by atoms with Crippen molar-refractivity contribution < 1.29 is 0 Å². The molecule has 0 aliphatic carbocycles. The Morgan fingerprint density at radius 3 is 3.00 bits per heavy atom. The fourth-order valence-corrected chi connectivity index (χ4v) is 2.47. The monoisotopic (exact) mass is 267 g/mol. The van der Waals surface area contributed by atoms with Gasteiger partial charge in [0.2, 0.25) is 0 Å². The number of thioether (sulfide) groups is 1. The van der Waals surface area contributed by atoms with Gasteiger partial charge in [0.25, 0.3) is 0 Å². The molecule has 0 amide bonds. The number of aromatic nitrogens is 2. The third-order valence-electron chi connectivity index (χ3n) is 3.35. The zero-order valence-electron chi connectivity index (χ0n) is 11.3. The van der Waals surface area contributed by atoms with Gasteiger partial charge in [0.1, 0.15) is 17.2 Å². The number of hydrogen-bond acceptors (Lipinski definition) is 6. The Hall–Kier alpha value is -0.850. The third kappa shape index (κ3) is 3.57. The molecule has 0 saturated carbocycles. The lowest BCUT2D eigenvalue weighted by Crippen LogP contribution is -2.52. The van der Waals surface area contributed by atoms with Gasteiger partial charge in [-0.3, -0.25) is 4.90 Å². The van der Waals surface area contributed by atoms with Gasteiger partial charge in [0, 0.05) is 38.3 Å². The number of nitrogens with zero attached hydrogens (tertiary/aromatic N) is 4. The van der Waals surface area contributed by atoms with E-state index in [0.29, 0.717) is 6.04 Å². The summed E-state index contributed by atoms with van der Waals surface area (Å²) in [4.78, 5) is 13.2. The van der Waals surface area contributed by atoms with Gasteiger partial charge in [0.15, 0.2) is 0 Å². The van der Waals surface area contributed by atoms with Crippen molar-refractivity contribution in [2.75, 3.05) is 51.8 Å². The van der Waals surface area contributed by atoms with Crippen LogP contribution in [0.4, 0.5) is 5.82 Å². The van der Waals surface area contributed by atoms with Gasteiger partial charge in [-0.05, 0) is 20.4 Å². The molecule has 18 heavy (non-hydrogen) atoms. The van der Waals surface area contributed by atoms with E-state index < -0.39 is 0 Å². The van der Waals surface area contributed by atoms with Gasteiger partial charge >= 0.3 is 0 Å². The molecule has 2 rings (SSSR count). The molecule has 5 nitrogen and oxygen atoms in total. The van der Waals surface area contributed by atoms with Crippen LogP contribution < -0.4 is 5.32 Å². The highest BCUT2D eigenvalue weighted by atomic mass is 32.2. The molecule has 0 spiro atoms. The maximum atomic E-state index is 4.25. The van der Waals surface area contributed by atoms with E-state index in [1.165, 1.54) is 0 Å². The van der Waals surface area contributed by atoms with Crippen molar-refractivity contribution in [3.63, 3.8) is 0 Å². The number of hydrogen-bond donors (Lipinski definition) is 1. The summed E-state index contributed by atoms with van der Waals surface area (Å²) in [6.07, 6.45) is 3.64. The molecule has 2 heterocycles. The molecule has 1 aromatic heterocycles. The van der Waals surface area contributed by atoms with Crippen molar-refractivity contribution in [3.05, 3.63) is 12.4 Å². The summed E-state index contributed by atoms with van der Waals surface area (Å²) in [7, 11) is 4.36. The highest BCUT2D eigenvalue weighted by molar-refractivity contribution is 7.98. The smallest absolute Gasteiger partial charge is 0.130 e.